The van der Waals surface area contributed by atoms with E-state index >= 15 is 0 Å². The normalized spacial score (nSPS) is 26.3. The van der Waals surface area contributed by atoms with Gasteiger partial charge < -0.3 is 4.90 Å². The van der Waals surface area contributed by atoms with Crippen LogP contribution in [0.3, 0.4) is 0 Å². The quantitative estimate of drug-likeness (QED) is 0.866. The molecule has 2 aromatic rings. The summed E-state index contributed by atoms with van der Waals surface area (Å²) in [4.78, 5) is 18.9. The van der Waals surface area contributed by atoms with Crippen LogP contribution in [0.4, 0.5) is 4.39 Å². The molecule has 2 aliphatic rings. The van der Waals surface area contributed by atoms with Crippen molar-refractivity contribution in [2.75, 3.05) is 6.54 Å². The molecular weight excluding hydrogens is 291 g/mol. The topological polar surface area (TPSA) is 33.2 Å². The molecule has 118 valence electrons. The summed E-state index contributed by atoms with van der Waals surface area (Å²) in [6.45, 7) is 0.818. The van der Waals surface area contributed by atoms with Crippen LogP contribution in [0.15, 0.2) is 48.8 Å². The average molecular weight is 310 g/mol. The predicted octanol–water partition coefficient (Wildman–Crippen LogP) is 3.69. The maximum absolute atomic E-state index is 13.4. The van der Waals surface area contributed by atoms with Gasteiger partial charge in [0.15, 0.2) is 0 Å². The van der Waals surface area contributed by atoms with Crippen LogP contribution < -0.4 is 0 Å². The highest BCUT2D eigenvalue weighted by Gasteiger charge is 2.47. The molecule has 1 aliphatic carbocycles. The summed E-state index contributed by atoms with van der Waals surface area (Å²) >= 11 is 0. The number of halogens is 1. The Morgan fingerprint density at radius 2 is 2.00 bits per heavy atom. The summed E-state index contributed by atoms with van der Waals surface area (Å²) < 4.78 is 13.4. The molecule has 23 heavy (non-hydrogen) atoms. The minimum atomic E-state index is -0.226. The Kier molecular flexibility index (Phi) is 3.60. The van der Waals surface area contributed by atoms with E-state index in [1.54, 1.807) is 24.5 Å². The van der Waals surface area contributed by atoms with Gasteiger partial charge in [0.1, 0.15) is 5.82 Å². The molecule has 0 N–H and O–H groups in total. The molecule has 0 bridgehead atoms. The van der Waals surface area contributed by atoms with Crippen LogP contribution in [0.25, 0.3) is 0 Å². The van der Waals surface area contributed by atoms with E-state index in [1.807, 2.05) is 23.1 Å². The van der Waals surface area contributed by atoms with E-state index in [0.29, 0.717) is 0 Å². The molecule has 1 amide bonds. The average Bonchev–Trinajstić information content (AvgIpc) is 3.23. The molecule has 1 aromatic heterocycles. The Morgan fingerprint density at radius 1 is 1.17 bits per heavy atom. The maximum Gasteiger partial charge on any atom is 0.226 e. The molecule has 1 saturated heterocycles. The molecule has 0 unspecified atom stereocenters. The number of carbonyl (C=O) groups is 1. The van der Waals surface area contributed by atoms with Crippen molar-refractivity contribution < 1.29 is 9.18 Å². The first-order valence-electron chi connectivity index (χ1n) is 8.20. The van der Waals surface area contributed by atoms with Gasteiger partial charge in [0, 0.05) is 24.9 Å². The highest BCUT2D eigenvalue weighted by molar-refractivity contribution is 5.83. The second kappa shape index (κ2) is 5.76. The van der Waals surface area contributed by atoms with Gasteiger partial charge in [-0.25, -0.2) is 4.39 Å². The van der Waals surface area contributed by atoms with E-state index < -0.39 is 0 Å². The number of carbonyl (C=O) groups excluding carboxylic acids is 1. The fourth-order valence-electron chi connectivity index (χ4n) is 3.75. The second-order valence-electron chi connectivity index (χ2n) is 6.47. The highest BCUT2D eigenvalue weighted by atomic mass is 19.1. The lowest BCUT2D eigenvalue weighted by Crippen LogP contribution is -2.32. The van der Waals surface area contributed by atoms with Crippen molar-refractivity contribution in [2.45, 2.75) is 31.2 Å². The van der Waals surface area contributed by atoms with Crippen molar-refractivity contribution in [3.8, 4) is 0 Å². The lowest BCUT2D eigenvalue weighted by molar-refractivity contribution is -0.133. The van der Waals surface area contributed by atoms with E-state index in [0.717, 1.165) is 36.9 Å². The van der Waals surface area contributed by atoms with Gasteiger partial charge >= 0.3 is 0 Å². The minimum absolute atomic E-state index is 0.0132. The SMILES string of the molecule is O=C([C@@H]1C[C@H]1c1cccc(F)c1)N1CCC[C@@H]1c1ccncc1. The zero-order valence-electron chi connectivity index (χ0n) is 12.9. The van der Waals surface area contributed by atoms with E-state index in [1.165, 1.54) is 6.07 Å². The van der Waals surface area contributed by atoms with Gasteiger partial charge in [-0.05, 0) is 60.6 Å². The van der Waals surface area contributed by atoms with Crippen molar-refractivity contribution in [3.63, 3.8) is 0 Å². The molecule has 4 rings (SSSR count). The number of benzene rings is 1. The van der Waals surface area contributed by atoms with Crippen LogP contribution in [0, 0.1) is 11.7 Å². The lowest BCUT2D eigenvalue weighted by Gasteiger charge is -2.25. The fourth-order valence-corrected chi connectivity index (χ4v) is 3.75. The number of likely N-dealkylation sites (tertiary alicyclic amines) is 1. The zero-order valence-corrected chi connectivity index (χ0v) is 12.9. The second-order valence-corrected chi connectivity index (χ2v) is 6.47. The van der Waals surface area contributed by atoms with Crippen LogP contribution >= 0.6 is 0 Å². The van der Waals surface area contributed by atoms with Crippen LogP contribution in [0.2, 0.25) is 0 Å². The van der Waals surface area contributed by atoms with E-state index in [-0.39, 0.29) is 29.6 Å². The smallest absolute Gasteiger partial charge is 0.226 e. The molecule has 0 radical (unpaired) electrons. The number of aromatic nitrogens is 1. The molecule has 1 saturated carbocycles. The predicted molar refractivity (Wildman–Crippen MR) is 85.2 cm³/mol. The Bertz CT molecular complexity index is 718. The van der Waals surface area contributed by atoms with Crippen LogP contribution in [0.1, 0.15) is 42.3 Å². The molecule has 0 spiro atoms. The summed E-state index contributed by atoms with van der Waals surface area (Å²) in [6, 6.07) is 10.8. The first-order valence-corrected chi connectivity index (χ1v) is 8.20. The van der Waals surface area contributed by atoms with Gasteiger partial charge in [0.2, 0.25) is 5.91 Å². The molecule has 1 aliphatic heterocycles. The fraction of sp³-hybridized carbons (Fsp3) is 0.368. The number of hydrogen-bond donors (Lipinski definition) is 0. The summed E-state index contributed by atoms with van der Waals surface area (Å²) in [5.41, 5.74) is 2.11. The van der Waals surface area contributed by atoms with Crippen LogP contribution in [-0.4, -0.2) is 22.3 Å². The lowest BCUT2D eigenvalue weighted by atomic mass is 10.1. The molecule has 2 heterocycles. The first kappa shape index (κ1) is 14.4. The maximum atomic E-state index is 13.4. The summed E-state index contributed by atoms with van der Waals surface area (Å²) in [5, 5.41) is 0. The Morgan fingerprint density at radius 3 is 2.78 bits per heavy atom. The largest absolute Gasteiger partial charge is 0.335 e. The zero-order chi connectivity index (χ0) is 15.8. The molecule has 3 nitrogen and oxygen atoms in total. The molecular formula is C19H19FN2O. The third-order valence-corrected chi connectivity index (χ3v) is 5.01. The first-order chi connectivity index (χ1) is 11.2. The van der Waals surface area contributed by atoms with Crippen molar-refractivity contribution >= 4 is 5.91 Å². The highest BCUT2D eigenvalue weighted by Crippen LogP contribution is 2.50. The third kappa shape index (κ3) is 2.74. The number of nitrogens with zero attached hydrogens (tertiary/aromatic N) is 2. The Balaban J connectivity index is 1.49. The Hall–Kier alpha value is -2.23. The van der Waals surface area contributed by atoms with Gasteiger partial charge in [-0.3, -0.25) is 9.78 Å². The standard InChI is InChI=1S/C19H19FN2O/c20-15-4-1-3-14(11-15)16-12-17(16)19(23)22-10-2-5-18(22)13-6-8-21-9-7-13/h1,3-4,6-9,11,16-18H,2,5,10,12H2/t16-,17+,18+/m0/s1. The number of amides is 1. The number of hydrogen-bond acceptors (Lipinski definition) is 2. The van der Waals surface area contributed by atoms with E-state index in [4.69, 9.17) is 0 Å². The summed E-state index contributed by atoms with van der Waals surface area (Å²) in [5.74, 6) is 0.186. The molecule has 3 atom stereocenters. The summed E-state index contributed by atoms with van der Waals surface area (Å²) in [7, 11) is 0. The molecule has 1 aromatic carbocycles. The van der Waals surface area contributed by atoms with Gasteiger partial charge in [0.05, 0.1) is 6.04 Å². The van der Waals surface area contributed by atoms with Crippen molar-refractivity contribution in [1.82, 2.24) is 9.88 Å². The number of rotatable bonds is 3. The van der Waals surface area contributed by atoms with Crippen LogP contribution in [0.5, 0.6) is 0 Å². The van der Waals surface area contributed by atoms with E-state index in [9.17, 15) is 9.18 Å². The third-order valence-electron chi connectivity index (χ3n) is 5.01. The minimum Gasteiger partial charge on any atom is -0.335 e. The summed E-state index contributed by atoms with van der Waals surface area (Å²) in [6.07, 6.45) is 6.44. The Labute approximate surface area is 135 Å². The van der Waals surface area contributed by atoms with Crippen molar-refractivity contribution in [2.24, 2.45) is 5.92 Å². The molecule has 4 heteroatoms. The van der Waals surface area contributed by atoms with Gasteiger partial charge in [-0.15, -0.1) is 0 Å². The number of pyridine rings is 1. The van der Waals surface area contributed by atoms with Crippen molar-refractivity contribution in [1.29, 1.82) is 0 Å². The van der Waals surface area contributed by atoms with E-state index in [2.05, 4.69) is 4.98 Å². The van der Waals surface area contributed by atoms with Gasteiger partial charge in [0.25, 0.3) is 0 Å². The monoisotopic (exact) mass is 310 g/mol. The molecule has 2 fully saturated rings. The van der Waals surface area contributed by atoms with Gasteiger partial charge in [-0.1, -0.05) is 12.1 Å². The van der Waals surface area contributed by atoms with Gasteiger partial charge in [-0.2, -0.15) is 0 Å². The van der Waals surface area contributed by atoms with Crippen molar-refractivity contribution in [3.05, 3.63) is 65.7 Å². The van der Waals surface area contributed by atoms with Crippen LogP contribution in [-0.2, 0) is 4.79 Å².